The third kappa shape index (κ3) is 4.15. The predicted molar refractivity (Wildman–Crippen MR) is 115 cm³/mol. The number of rotatable bonds is 5. The van der Waals surface area contributed by atoms with Crippen LogP contribution in [0.4, 0.5) is 18.0 Å². The summed E-state index contributed by atoms with van der Waals surface area (Å²) >= 11 is 0. The van der Waals surface area contributed by atoms with E-state index in [0.717, 1.165) is 6.07 Å². The van der Waals surface area contributed by atoms with E-state index in [4.69, 9.17) is 4.74 Å². The summed E-state index contributed by atoms with van der Waals surface area (Å²) in [4.78, 5) is 43.6. The summed E-state index contributed by atoms with van der Waals surface area (Å²) in [5.74, 6) is -0.863. The molecule has 11 heteroatoms. The normalized spacial score (nSPS) is 22.0. The molecule has 0 spiro atoms. The Morgan fingerprint density at radius 2 is 1.94 bits per heavy atom. The Morgan fingerprint density at radius 3 is 2.59 bits per heavy atom. The van der Waals surface area contributed by atoms with Gasteiger partial charge in [-0.05, 0) is 18.6 Å². The molecular formula is C23H25F3N4O4. The van der Waals surface area contributed by atoms with E-state index in [1.54, 1.807) is 11.8 Å². The fourth-order valence-electron chi connectivity index (χ4n) is 4.57. The lowest BCUT2D eigenvalue weighted by Gasteiger charge is -2.33. The fraction of sp³-hybridized carbons (Fsp3) is 0.435. The molecule has 0 aliphatic carbocycles. The zero-order valence-electron chi connectivity index (χ0n) is 18.6. The molecule has 0 unspecified atom stereocenters. The summed E-state index contributed by atoms with van der Waals surface area (Å²) in [6.45, 7) is 6.76. The minimum Gasteiger partial charge on any atom is -0.378 e. The van der Waals surface area contributed by atoms with E-state index in [2.05, 4.69) is 11.9 Å². The number of morpholine rings is 1. The predicted octanol–water partition coefficient (Wildman–Crippen LogP) is 2.30. The van der Waals surface area contributed by atoms with Crippen molar-refractivity contribution in [2.24, 2.45) is 0 Å². The Labute approximate surface area is 194 Å². The summed E-state index contributed by atoms with van der Waals surface area (Å²) in [6, 6.07) is 2.04. The SMILES string of the molecule is C=CCN1C(=O)N[C@H](c2ccccc2C(F)(F)F)C2=C1CN([C@H](C)C(=O)N1CCOCC1)C2=O. The van der Waals surface area contributed by atoms with Crippen LogP contribution in [0.2, 0.25) is 0 Å². The van der Waals surface area contributed by atoms with E-state index in [1.165, 1.54) is 34.1 Å². The Balaban J connectivity index is 1.72. The van der Waals surface area contributed by atoms with Gasteiger partial charge in [0.1, 0.15) is 6.04 Å². The van der Waals surface area contributed by atoms with E-state index >= 15 is 0 Å². The molecular weight excluding hydrogens is 453 g/mol. The van der Waals surface area contributed by atoms with Gasteiger partial charge < -0.3 is 19.9 Å². The van der Waals surface area contributed by atoms with Gasteiger partial charge >= 0.3 is 12.2 Å². The number of alkyl halides is 3. The van der Waals surface area contributed by atoms with Crippen LogP contribution in [-0.2, 0) is 20.5 Å². The molecule has 1 fully saturated rings. The largest absolute Gasteiger partial charge is 0.416 e. The summed E-state index contributed by atoms with van der Waals surface area (Å²) in [6.07, 6.45) is -3.22. The Hall–Kier alpha value is -3.34. The molecule has 4 rings (SSSR count). The van der Waals surface area contributed by atoms with E-state index < -0.39 is 35.8 Å². The molecule has 2 atom stereocenters. The first-order valence-corrected chi connectivity index (χ1v) is 10.9. The Bertz CT molecular complexity index is 1050. The average molecular weight is 478 g/mol. The molecule has 0 aromatic heterocycles. The van der Waals surface area contributed by atoms with Crippen LogP contribution < -0.4 is 5.32 Å². The first-order valence-electron chi connectivity index (χ1n) is 10.9. The van der Waals surface area contributed by atoms with Crippen molar-refractivity contribution in [2.75, 3.05) is 39.4 Å². The van der Waals surface area contributed by atoms with Crippen molar-refractivity contribution < 1.29 is 32.3 Å². The lowest BCUT2D eigenvalue weighted by Crippen LogP contribution is -2.51. The maximum absolute atomic E-state index is 13.7. The van der Waals surface area contributed by atoms with Gasteiger partial charge in [0.05, 0.1) is 42.6 Å². The van der Waals surface area contributed by atoms with Gasteiger partial charge in [-0.15, -0.1) is 6.58 Å². The number of halogens is 3. The minimum atomic E-state index is -4.68. The highest BCUT2D eigenvalue weighted by Gasteiger charge is 2.48. The number of urea groups is 1. The highest BCUT2D eigenvalue weighted by Crippen LogP contribution is 2.42. The van der Waals surface area contributed by atoms with Crippen molar-refractivity contribution in [3.05, 3.63) is 59.3 Å². The molecule has 1 N–H and O–H groups in total. The first kappa shape index (κ1) is 23.8. The molecule has 3 aliphatic heterocycles. The second-order valence-corrected chi connectivity index (χ2v) is 8.27. The molecule has 0 saturated carbocycles. The van der Waals surface area contributed by atoms with Crippen LogP contribution in [0.15, 0.2) is 48.2 Å². The lowest BCUT2D eigenvalue weighted by atomic mass is 9.91. The van der Waals surface area contributed by atoms with Gasteiger partial charge in [0.2, 0.25) is 5.91 Å². The van der Waals surface area contributed by atoms with Crippen LogP contribution in [0.1, 0.15) is 24.1 Å². The fourth-order valence-corrected chi connectivity index (χ4v) is 4.57. The van der Waals surface area contributed by atoms with Gasteiger partial charge in [0.15, 0.2) is 0 Å². The second kappa shape index (κ2) is 9.13. The van der Waals surface area contributed by atoms with Crippen molar-refractivity contribution in [1.29, 1.82) is 0 Å². The number of nitrogens with zero attached hydrogens (tertiary/aromatic N) is 3. The van der Waals surface area contributed by atoms with Crippen LogP contribution in [0.25, 0.3) is 0 Å². The summed E-state index contributed by atoms with van der Waals surface area (Å²) in [7, 11) is 0. The number of carbonyl (C=O) groups excluding carboxylic acids is 3. The van der Waals surface area contributed by atoms with Gasteiger partial charge in [-0.25, -0.2) is 4.79 Å². The third-order valence-electron chi connectivity index (χ3n) is 6.29. The number of carbonyl (C=O) groups is 3. The van der Waals surface area contributed by atoms with Crippen molar-refractivity contribution in [2.45, 2.75) is 25.2 Å². The molecule has 3 aliphatic rings. The molecule has 0 radical (unpaired) electrons. The third-order valence-corrected chi connectivity index (χ3v) is 6.29. The van der Waals surface area contributed by atoms with E-state index in [-0.39, 0.29) is 35.8 Å². The number of nitrogens with one attached hydrogen (secondary N) is 1. The number of hydrogen-bond acceptors (Lipinski definition) is 4. The van der Waals surface area contributed by atoms with Crippen molar-refractivity contribution in [3.8, 4) is 0 Å². The standard InChI is InChI=1S/C23H25F3N4O4/c1-3-8-29-17-13-30(14(2)20(31)28-9-11-34-12-10-28)21(32)18(17)19(27-22(29)33)15-6-4-5-7-16(15)23(24,25)26/h3-7,14,19H,1,8-13H2,2H3,(H,27,33)/t14-,19-/m1/s1. The number of benzene rings is 1. The molecule has 3 heterocycles. The summed E-state index contributed by atoms with van der Waals surface area (Å²) in [5, 5.41) is 2.56. The number of hydrogen-bond donors (Lipinski definition) is 1. The Morgan fingerprint density at radius 1 is 1.26 bits per heavy atom. The first-order chi connectivity index (χ1) is 16.1. The molecule has 8 nitrogen and oxygen atoms in total. The van der Waals surface area contributed by atoms with Crippen LogP contribution in [-0.4, -0.2) is 78.0 Å². The van der Waals surface area contributed by atoms with Gasteiger partial charge in [0, 0.05) is 19.6 Å². The van der Waals surface area contributed by atoms with Gasteiger partial charge in [0.25, 0.3) is 5.91 Å². The number of amides is 4. The summed E-state index contributed by atoms with van der Waals surface area (Å²) < 4.78 is 46.5. The van der Waals surface area contributed by atoms with E-state index in [1.807, 2.05) is 0 Å². The molecule has 182 valence electrons. The monoisotopic (exact) mass is 478 g/mol. The van der Waals surface area contributed by atoms with Crippen LogP contribution >= 0.6 is 0 Å². The molecule has 4 amide bonds. The summed E-state index contributed by atoms with van der Waals surface area (Å²) in [5.41, 5.74) is -0.860. The highest BCUT2D eigenvalue weighted by molar-refractivity contribution is 6.03. The maximum Gasteiger partial charge on any atom is 0.416 e. The maximum atomic E-state index is 13.7. The molecule has 34 heavy (non-hydrogen) atoms. The van der Waals surface area contributed by atoms with Crippen LogP contribution in [0.5, 0.6) is 0 Å². The molecule has 0 bridgehead atoms. The molecule has 1 aromatic rings. The molecule has 1 aromatic carbocycles. The van der Waals surface area contributed by atoms with Crippen LogP contribution in [0.3, 0.4) is 0 Å². The smallest absolute Gasteiger partial charge is 0.378 e. The molecule has 1 saturated heterocycles. The van der Waals surface area contributed by atoms with Gasteiger partial charge in [-0.1, -0.05) is 24.3 Å². The van der Waals surface area contributed by atoms with Crippen molar-refractivity contribution >= 4 is 17.8 Å². The van der Waals surface area contributed by atoms with Gasteiger partial charge in [-0.2, -0.15) is 13.2 Å². The Kier molecular flexibility index (Phi) is 6.39. The van der Waals surface area contributed by atoms with Crippen molar-refractivity contribution in [3.63, 3.8) is 0 Å². The van der Waals surface area contributed by atoms with Crippen molar-refractivity contribution in [1.82, 2.24) is 20.0 Å². The second-order valence-electron chi connectivity index (χ2n) is 8.27. The minimum absolute atomic E-state index is 0.0276. The zero-order valence-corrected chi connectivity index (χ0v) is 18.6. The average Bonchev–Trinajstić information content (AvgIpc) is 3.17. The van der Waals surface area contributed by atoms with E-state index in [0.29, 0.717) is 26.3 Å². The van der Waals surface area contributed by atoms with E-state index in [9.17, 15) is 27.6 Å². The topological polar surface area (TPSA) is 82.2 Å². The van der Waals surface area contributed by atoms with Crippen LogP contribution in [0, 0.1) is 0 Å². The number of ether oxygens (including phenoxy) is 1. The highest BCUT2D eigenvalue weighted by atomic mass is 19.4. The zero-order chi connectivity index (χ0) is 24.6. The quantitative estimate of drug-likeness (QED) is 0.659. The lowest BCUT2D eigenvalue weighted by molar-refractivity contribution is -0.145. The van der Waals surface area contributed by atoms with Gasteiger partial charge in [-0.3, -0.25) is 14.5 Å².